The minimum Gasteiger partial charge on any atom is -0.418 e. The Kier molecular flexibility index (Phi) is 11.3. The summed E-state index contributed by atoms with van der Waals surface area (Å²) >= 11 is 0. The van der Waals surface area contributed by atoms with Crippen LogP contribution in [0.3, 0.4) is 0 Å². The summed E-state index contributed by atoms with van der Waals surface area (Å²) in [5.74, 6) is 0.696. The van der Waals surface area contributed by atoms with Gasteiger partial charge in [0.25, 0.3) is 0 Å². The van der Waals surface area contributed by atoms with Crippen LogP contribution in [0, 0.1) is 37.5 Å². The first-order valence-corrected chi connectivity index (χ1v) is 18.0. The summed E-state index contributed by atoms with van der Waals surface area (Å²) in [6.07, 6.45) is 11.4. The van der Waals surface area contributed by atoms with E-state index >= 15 is 0 Å². The molecule has 2 saturated carbocycles. The molecule has 6 fully saturated rings. The fourth-order valence-corrected chi connectivity index (χ4v) is 14.9. The van der Waals surface area contributed by atoms with Gasteiger partial charge in [-0.05, 0) is 82.2 Å². The van der Waals surface area contributed by atoms with E-state index in [0.29, 0.717) is 22.6 Å². The van der Waals surface area contributed by atoms with Gasteiger partial charge in [-0.15, -0.1) is 0 Å². The van der Waals surface area contributed by atoms with E-state index in [1.165, 1.54) is 6.42 Å². The van der Waals surface area contributed by atoms with Gasteiger partial charge in [0.1, 0.15) is 0 Å². The van der Waals surface area contributed by atoms with Crippen LogP contribution in [0.1, 0.15) is 61.8 Å². The normalized spacial score (nSPS) is 40.7. The summed E-state index contributed by atoms with van der Waals surface area (Å²) in [5.41, 5.74) is 1.99. The van der Waals surface area contributed by atoms with Gasteiger partial charge in [0, 0.05) is 42.1 Å². The fourth-order valence-electron chi connectivity index (χ4n) is 7.61. The second-order valence-corrected chi connectivity index (χ2v) is 19.1. The van der Waals surface area contributed by atoms with E-state index in [0.717, 1.165) is 11.8 Å². The number of benzene rings is 1. The summed E-state index contributed by atoms with van der Waals surface area (Å²) in [5, 5.41) is 3.13. The second kappa shape index (κ2) is 13.4. The van der Waals surface area contributed by atoms with Gasteiger partial charge in [-0.25, -0.2) is 0 Å². The van der Waals surface area contributed by atoms with Gasteiger partial charge >= 0.3 is 7.25 Å². The maximum atomic E-state index is 9.75. The first kappa shape index (κ1) is 36.2. The monoisotopic (exact) mass is 732 g/mol. The summed E-state index contributed by atoms with van der Waals surface area (Å²) in [4.78, 5) is 0. The topological polar surface area (TPSA) is 36.9 Å². The first-order valence-electron chi connectivity index (χ1n) is 15.1. The van der Waals surface area contributed by atoms with E-state index in [1.807, 2.05) is 27.7 Å². The van der Waals surface area contributed by atoms with E-state index in [1.54, 1.807) is 10.6 Å². The van der Waals surface area contributed by atoms with Crippen LogP contribution < -0.4 is 10.6 Å². The molecule has 0 amide bonds. The molecule has 4 saturated heterocycles. The Bertz CT molecular complexity index is 983. The average molecular weight is 732 g/mol. The Hall–Kier alpha value is 0.328. The molecule has 7 rings (SSSR count). The maximum absolute atomic E-state index is 9.75. The van der Waals surface area contributed by atoms with Crippen molar-refractivity contribution in [1.29, 1.82) is 0 Å². The van der Waals surface area contributed by atoms with Crippen LogP contribution in [-0.4, -0.2) is 65.9 Å². The number of hydrogen-bond donors (Lipinski definition) is 0. The van der Waals surface area contributed by atoms with Gasteiger partial charge in [0.15, 0.2) is 11.6 Å². The van der Waals surface area contributed by atoms with E-state index in [9.17, 15) is 17.3 Å². The quantitative estimate of drug-likeness (QED) is 0.182. The average Bonchev–Trinajstić information content (AvgIpc) is 3.71. The molecular weight excluding hydrogens is 688 g/mol. The summed E-state index contributed by atoms with van der Waals surface area (Å²) in [6, 6.07) is 9.22. The van der Waals surface area contributed by atoms with Crippen LogP contribution in [0.25, 0.3) is 0 Å². The van der Waals surface area contributed by atoms with Crippen molar-refractivity contribution >= 4 is 33.7 Å². The van der Waals surface area contributed by atoms with Crippen molar-refractivity contribution in [2.75, 3.05) is 0 Å². The minimum atomic E-state index is -6.00. The Balaban J connectivity index is 0.000000271. The van der Waals surface area contributed by atoms with Crippen molar-refractivity contribution in [1.82, 2.24) is 0 Å². The fraction of sp³-hybridized carbons (Fsp3) is 0.677. The molecule has 0 spiro atoms. The molecule has 0 aromatic heterocycles. The molecule has 4 heterocycles. The minimum absolute atomic E-state index is 0. The van der Waals surface area contributed by atoms with E-state index in [-0.39, 0.29) is 59.7 Å². The molecule has 8 atom stereocenters. The Morgan fingerprint density at radius 2 is 0.860 bits per heavy atom. The van der Waals surface area contributed by atoms with Crippen LogP contribution in [0.4, 0.5) is 17.3 Å². The van der Waals surface area contributed by atoms with Crippen molar-refractivity contribution in [3.63, 3.8) is 0 Å². The van der Waals surface area contributed by atoms with Gasteiger partial charge in [-0.3, -0.25) is 0 Å². The summed E-state index contributed by atoms with van der Waals surface area (Å²) < 4.78 is 64.4. The summed E-state index contributed by atoms with van der Waals surface area (Å²) in [7, 11) is -6.72. The standard InChI is InChI=1S/C24H36O4P2.C7H8.BF4.Rh/c1-13-19-20(26-23(5,6)25-19)14(2)29(13)17-11-9-10-12-18(17)30-15(3)21-22(16(30)4)28-24(7,8)27-21;1-2-7-4-3-6(1)5-7;2-1(3,4)5;/h9-16,19-22H,1-8H3;1-4,6-7H,5H2;;/q;;-1;/t13-,14-,15-,16-,19-,20-,21-,22-;;;/m1.../s1. The molecule has 0 N–H and O–H groups in total. The zero-order chi connectivity index (χ0) is 30.8. The molecule has 2 bridgehead atoms. The molecule has 1 aromatic rings. The zero-order valence-electron chi connectivity index (χ0n) is 26.0. The smallest absolute Gasteiger partial charge is 0.418 e. The molecule has 6 aliphatic rings. The summed E-state index contributed by atoms with van der Waals surface area (Å²) in [6.45, 7) is 17.7. The van der Waals surface area contributed by atoms with Gasteiger partial charge in [-0.2, -0.15) is 0 Å². The molecule has 243 valence electrons. The number of hydrogen-bond acceptors (Lipinski definition) is 4. The molecular formula is C31H44BF4O4P2Rh-. The van der Waals surface area contributed by atoms with Crippen molar-refractivity contribution in [2.45, 2.75) is 120 Å². The Labute approximate surface area is 270 Å². The maximum Gasteiger partial charge on any atom is 0.673 e. The van der Waals surface area contributed by atoms with Crippen molar-refractivity contribution in [3.05, 3.63) is 49.9 Å². The Morgan fingerprint density at radius 3 is 1.07 bits per heavy atom. The Morgan fingerprint density at radius 1 is 0.605 bits per heavy atom. The molecule has 1 aromatic carbocycles. The molecule has 4 aliphatic heterocycles. The van der Waals surface area contributed by atoms with Gasteiger partial charge in [0.05, 0.1) is 24.4 Å². The molecule has 12 heteroatoms. The zero-order valence-corrected chi connectivity index (χ0v) is 29.5. The number of fused-ring (bicyclic) bond motifs is 4. The molecule has 2 aliphatic carbocycles. The third-order valence-electron chi connectivity index (χ3n) is 9.18. The van der Waals surface area contributed by atoms with E-state index in [2.05, 4.69) is 77.6 Å². The van der Waals surface area contributed by atoms with Gasteiger partial charge in [-0.1, -0.05) is 67.8 Å². The molecule has 5 radical (unpaired) electrons. The van der Waals surface area contributed by atoms with E-state index in [4.69, 9.17) is 18.9 Å². The molecule has 4 nitrogen and oxygen atoms in total. The number of ether oxygens (including phenoxy) is 4. The van der Waals surface area contributed by atoms with Crippen LogP contribution in [0.5, 0.6) is 0 Å². The van der Waals surface area contributed by atoms with E-state index < -0.39 is 18.8 Å². The van der Waals surface area contributed by atoms with Gasteiger partial charge in [0.2, 0.25) is 0 Å². The van der Waals surface area contributed by atoms with Crippen LogP contribution in [0.2, 0.25) is 0 Å². The first-order chi connectivity index (χ1) is 19.5. The molecule has 0 unspecified atom stereocenters. The third kappa shape index (κ3) is 7.90. The predicted molar refractivity (Wildman–Crippen MR) is 164 cm³/mol. The third-order valence-corrected chi connectivity index (χ3v) is 15.9. The van der Waals surface area contributed by atoms with Crippen LogP contribution >= 0.6 is 15.8 Å². The predicted octanol–water partition coefficient (Wildman–Crippen LogP) is 7.27. The van der Waals surface area contributed by atoms with Crippen molar-refractivity contribution in [3.8, 4) is 0 Å². The number of halogens is 4. The SMILES string of the molecule is C[C@@H]1[C@H]2OC(C)(C)O[C@@H]2[C@@H](C)P1c1ccccc1P1[C@H](C)[C@H]2OC(C)(C)O[C@@H]2[C@H]1C.F[B-](F)(F)F.[CH]1[CH]C2[CH][CH]C1C2.[Rh]. The van der Waals surface area contributed by atoms with Crippen molar-refractivity contribution in [2.24, 2.45) is 11.8 Å². The van der Waals surface area contributed by atoms with Crippen LogP contribution in [0.15, 0.2) is 24.3 Å². The second-order valence-electron chi connectivity index (χ2n) is 13.2. The van der Waals surface area contributed by atoms with Gasteiger partial charge < -0.3 is 36.2 Å². The van der Waals surface area contributed by atoms with Crippen molar-refractivity contribution < 1.29 is 55.7 Å². The number of rotatable bonds is 2. The molecule has 43 heavy (non-hydrogen) atoms. The van der Waals surface area contributed by atoms with Crippen LogP contribution in [-0.2, 0) is 38.4 Å². The largest absolute Gasteiger partial charge is 0.673 e.